The van der Waals surface area contributed by atoms with Crippen LogP contribution in [0.3, 0.4) is 0 Å². The molecule has 4 heteroatoms. The van der Waals surface area contributed by atoms with Crippen LogP contribution in [0.5, 0.6) is 5.75 Å². The fourth-order valence-electron chi connectivity index (χ4n) is 2.14. The highest BCUT2D eigenvalue weighted by atomic mass is 16.6. The maximum Gasteiger partial charge on any atom is 0.419 e. The Labute approximate surface area is 119 Å². The quantitative estimate of drug-likeness (QED) is 0.781. The largest absolute Gasteiger partial charge is 0.497 e. The van der Waals surface area contributed by atoms with Crippen molar-refractivity contribution in [3.63, 3.8) is 0 Å². The highest BCUT2D eigenvalue weighted by Gasteiger charge is 2.45. The van der Waals surface area contributed by atoms with E-state index in [0.717, 1.165) is 11.4 Å². The fraction of sp³-hybridized carbons (Fsp3) is 0.312. The number of ether oxygens (including phenoxy) is 2. The third-order valence-corrected chi connectivity index (χ3v) is 3.45. The van der Waals surface area contributed by atoms with Crippen molar-refractivity contribution in [2.24, 2.45) is 0 Å². The lowest BCUT2D eigenvalue weighted by Crippen LogP contribution is -2.27. The average Bonchev–Trinajstić information content (AvgIpc) is 2.67. The van der Waals surface area contributed by atoms with Gasteiger partial charge in [-0.1, -0.05) is 18.7 Å². The third-order valence-electron chi connectivity index (χ3n) is 3.45. The normalized spacial score (nSPS) is 22.4. The lowest BCUT2D eigenvalue weighted by atomic mass is 9.98. The van der Waals surface area contributed by atoms with Crippen molar-refractivity contribution in [2.75, 3.05) is 12.0 Å². The molecule has 1 amide bonds. The summed E-state index contributed by atoms with van der Waals surface area (Å²) in [6.45, 7) is 7.83. The SMILES string of the molecule is C=C1N(c2ccc(OC)cc2)C(=O)OC1(C)C/C=C\C. The molecule has 1 aromatic carbocycles. The van der Waals surface area contributed by atoms with Crippen LogP contribution in [0.1, 0.15) is 20.3 Å². The Morgan fingerprint density at radius 2 is 2.05 bits per heavy atom. The second kappa shape index (κ2) is 5.41. The summed E-state index contributed by atoms with van der Waals surface area (Å²) in [5.74, 6) is 0.739. The number of nitrogens with zero attached hydrogens (tertiary/aromatic N) is 1. The molecular weight excluding hydrogens is 254 g/mol. The van der Waals surface area contributed by atoms with Crippen LogP contribution in [0.4, 0.5) is 10.5 Å². The molecule has 1 fully saturated rings. The summed E-state index contributed by atoms with van der Waals surface area (Å²) in [4.78, 5) is 13.6. The summed E-state index contributed by atoms with van der Waals surface area (Å²) in [5, 5.41) is 0. The standard InChI is InChI=1S/C16H19NO3/c1-5-6-11-16(3)12(2)17(15(18)20-16)13-7-9-14(19-4)10-8-13/h5-10H,2,11H2,1,3-4H3/b6-5-. The third kappa shape index (κ3) is 2.41. The van der Waals surface area contributed by atoms with Crippen LogP contribution >= 0.6 is 0 Å². The van der Waals surface area contributed by atoms with Gasteiger partial charge in [-0.05, 0) is 38.1 Å². The predicted molar refractivity (Wildman–Crippen MR) is 78.9 cm³/mol. The van der Waals surface area contributed by atoms with E-state index in [1.54, 1.807) is 19.2 Å². The summed E-state index contributed by atoms with van der Waals surface area (Å²) in [6, 6.07) is 7.23. The summed E-state index contributed by atoms with van der Waals surface area (Å²) in [7, 11) is 1.60. The molecule has 1 unspecified atom stereocenters. The minimum atomic E-state index is -0.691. The van der Waals surface area contributed by atoms with Crippen LogP contribution < -0.4 is 9.64 Å². The Kier molecular flexibility index (Phi) is 3.84. The molecule has 0 aliphatic carbocycles. The second-order valence-electron chi connectivity index (χ2n) is 4.85. The molecule has 2 rings (SSSR count). The van der Waals surface area contributed by atoms with Crippen LogP contribution in [0.25, 0.3) is 0 Å². The number of hydrogen-bond acceptors (Lipinski definition) is 3. The average molecular weight is 273 g/mol. The van der Waals surface area contributed by atoms with Crippen molar-refractivity contribution in [3.8, 4) is 5.75 Å². The molecule has 1 aromatic rings. The van der Waals surface area contributed by atoms with Crippen LogP contribution in [0.2, 0.25) is 0 Å². The van der Waals surface area contributed by atoms with Crippen molar-refractivity contribution in [1.29, 1.82) is 0 Å². The Morgan fingerprint density at radius 1 is 1.40 bits per heavy atom. The molecule has 0 saturated carbocycles. The van der Waals surface area contributed by atoms with Gasteiger partial charge in [0.1, 0.15) is 5.75 Å². The van der Waals surface area contributed by atoms with E-state index in [-0.39, 0.29) is 0 Å². The summed E-state index contributed by atoms with van der Waals surface area (Å²) >= 11 is 0. The minimum Gasteiger partial charge on any atom is -0.497 e. The van der Waals surface area contributed by atoms with Crippen LogP contribution in [0, 0.1) is 0 Å². The molecular formula is C16H19NO3. The first-order valence-electron chi connectivity index (χ1n) is 6.49. The van der Waals surface area contributed by atoms with E-state index in [9.17, 15) is 4.79 Å². The number of cyclic esters (lactones) is 1. The molecule has 1 atom stereocenters. The first-order chi connectivity index (χ1) is 9.51. The monoisotopic (exact) mass is 273 g/mol. The molecule has 20 heavy (non-hydrogen) atoms. The fourth-order valence-corrected chi connectivity index (χ4v) is 2.14. The molecule has 1 saturated heterocycles. The van der Waals surface area contributed by atoms with E-state index in [2.05, 4.69) is 6.58 Å². The first kappa shape index (κ1) is 14.2. The molecule has 106 valence electrons. The summed E-state index contributed by atoms with van der Waals surface area (Å²) in [6.07, 6.45) is 4.12. The number of carbonyl (C=O) groups is 1. The Hall–Kier alpha value is -2.23. The van der Waals surface area contributed by atoms with E-state index < -0.39 is 11.7 Å². The molecule has 0 radical (unpaired) electrons. The highest BCUT2D eigenvalue weighted by Crippen LogP contribution is 2.38. The molecule has 0 N–H and O–H groups in total. The molecule has 0 aromatic heterocycles. The zero-order valence-electron chi connectivity index (χ0n) is 12.1. The highest BCUT2D eigenvalue weighted by molar-refractivity contribution is 5.95. The van der Waals surface area contributed by atoms with Gasteiger partial charge in [-0.3, -0.25) is 0 Å². The van der Waals surface area contributed by atoms with Crippen LogP contribution in [0.15, 0.2) is 48.7 Å². The topological polar surface area (TPSA) is 38.8 Å². The molecule has 0 bridgehead atoms. The summed E-state index contributed by atoms with van der Waals surface area (Å²) < 4.78 is 10.6. The van der Waals surface area contributed by atoms with Crippen molar-refractivity contribution < 1.29 is 14.3 Å². The number of amides is 1. The predicted octanol–water partition coefficient (Wildman–Crippen LogP) is 3.89. The second-order valence-corrected chi connectivity index (χ2v) is 4.85. The molecule has 4 nitrogen and oxygen atoms in total. The van der Waals surface area contributed by atoms with Gasteiger partial charge in [0, 0.05) is 6.42 Å². The number of allylic oxidation sites excluding steroid dienone is 1. The van der Waals surface area contributed by atoms with Crippen molar-refractivity contribution in [3.05, 3.63) is 48.7 Å². The van der Waals surface area contributed by atoms with E-state index in [1.807, 2.05) is 38.1 Å². The van der Waals surface area contributed by atoms with Gasteiger partial charge in [0.15, 0.2) is 5.60 Å². The van der Waals surface area contributed by atoms with E-state index >= 15 is 0 Å². The molecule has 0 spiro atoms. The van der Waals surface area contributed by atoms with Gasteiger partial charge in [-0.2, -0.15) is 0 Å². The van der Waals surface area contributed by atoms with Gasteiger partial charge in [-0.15, -0.1) is 0 Å². The molecule has 1 aliphatic rings. The van der Waals surface area contributed by atoms with Crippen molar-refractivity contribution >= 4 is 11.8 Å². The smallest absolute Gasteiger partial charge is 0.419 e. The zero-order valence-corrected chi connectivity index (χ0v) is 12.1. The number of hydrogen-bond donors (Lipinski definition) is 0. The Balaban J connectivity index is 2.28. The van der Waals surface area contributed by atoms with Crippen molar-refractivity contribution in [1.82, 2.24) is 0 Å². The maximum absolute atomic E-state index is 12.1. The van der Waals surface area contributed by atoms with E-state index in [0.29, 0.717) is 12.1 Å². The van der Waals surface area contributed by atoms with E-state index in [4.69, 9.17) is 9.47 Å². The maximum atomic E-state index is 12.1. The van der Waals surface area contributed by atoms with Gasteiger partial charge in [0.25, 0.3) is 0 Å². The lowest BCUT2D eigenvalue weighted by Gasteiger charge is -2.22. The molecule has 1 heterocycles. The number of carbonyl (C=O) groups excluding carboxylic acids is 1. The minimum absolute atomic E-state index is 0.396. The zero-order chi connectivity index (χ0) is 14.8. The number of anilines is 1. The Bertz CT molecular complexity index is 547. The number of benzene rings is 1. The van der Waals surface area contributed by atoms with Crippen LogP contribution in [-0.2, 0) is 4.74 Å². The first-order valence-corrected chi connectivity index (χ1v) is 6.49. The van der Waals surface area contributed by atoms with Gasteiger partial charge < -0.3 is 9.47 Å². The number of rotatable bonds is 4. The molecule has 1 aliphatic heterocycles. The summed E-state index contributed by atoms with van der Waals surface area (Å²) in [5.41, 5.74) is 0.680. The van der Waals surface area contributed by atoms with Crippen molar-refractivity contribution in [2.45, 2.75) is 25.9 Å². The lowest BCUT2D eigenvalue weighted by molar-refractivity contribution is 0.0873. The number of methoxy groups -OCH3 is 1. The van der Waals surface area contributed by atoms with Crippen LogP contribution in [-0.4, -0.2) is 18.8 Å². The van der Waals surface area contributed by atoms with Gasteiger partial charge in [0.2, 0.25) is 0 Å². The van der Waals surface area contributed by atoms with Gasteiger partial charge >= 0.3 is 6.09 Å². The van der Waals surface area contributed by atoms with Gasteiger partial charge in [0.05, 0.1) is 18.5 Å². The van der Waals surface area contributed by atoms with E-state index in [1.165, 1.54) is 4.90 Å². The Morgan fingerprint density at radius 3 is 2.60 bits per heavy atom. The van der Waals surface area contributed by atoms with Gasteiger partial charge in [-0.25, -0.2) is 9.69 Å².